The van der Waals surface area contributed by atoms with Crippen molar-refractivity contribution in [3.63, 3.8) is 0 Å². The molecule has 0 amide bonds. The lowest BCUT2D eigenvalue weighted by molar-refractivity contribution is 1.21. The summed E-state index contributed by atoms with van der Waals surface area (Å²) >= 11 is 5.84. The second-order valence-corrected chi connectivity index (χ2v) is 2.43. The maximum atomic E-state index is 5.84. The van der Waals surface area contributed by atoms with Gasteiger partial charge in [-0.05, 0) is 11.6 Å². The minimum Gasteiger partial charge on any atom is -0.113 e. The van der Waals surface area contributed by atoms with Crippen molar-refractivity contribution < 1.29 is 0 Å². The predicted octanol–water partition coefficient (Wildman–Crippen LogP) is 2.95. The van der Waals surface area contributed by atoms with Crippen LogP contribution in [-0.2, 0) is 0 Å². The summed E-state index contributed by atoms with van der Waals surface area (Å²) in [5.74, 6) is 0. The van der Waals surface area contributed by atoms with Crippen LogP contribution in [0.5, 0.6) is 0 Å². The zero-order valence-corrected chi connectivity index (χ0v) is 6.31. The molecule has 0 aliphatic heterocycles. The molecule has 0 aliphatic rings. The van der Waals surface area contributed by atoms with Gasteiger partial charge in [0.2, 0.25) is 0 Å². The van der Waals surface area contributed by atoms with E-state index in [9.17, 15) is 0 Å². The topological polar surface area (TPSA) is 0 Å². The summed E-state index contributed by atoms with van der Waals surface area (Å²) in [7, 11) is 0. The van der Waals surface area contributed by atoms with Crippen LogP contribution in [0.4, 0.5) is 0 Å². The van der Waals surface area contributed by atoms with E-state index in [1.165, 1.54) is 0 Å². The molecule has 0 spiro atoms. The molecule has 0 saturated carbocycles. The van der Waals surface area contributed by atoms with Crippen molar-refractivity contribution in [1.82, 2.24) is 0 Å². The van der Waals surface area contributed by atoms with Crippen LogP contribution in [0, 0.1) is 6.07 Å². The van der Waals surface area contributed by atoms with Crippen molar-refractivity contribution in [2.45, 2.75) is 5.38 Å². The Kier molecular flexibility index (Phi) is 2.52. The molecular weight excluding hydrogens is 144 g/mol. The number of rotatable bonds is 2. The molecule has 10 heavy (non-hydrogen) atoms. The second kappa shape index (κ2) is 3.43. The van der Waals surface area contributed by atoms with E-state index >= 15 is 0 Å². The third kappa shape index (κ3) is 1.61. The summed E-state index contributed by atoms with van der Waals surface area (Å²) in [5, 5.41) is -0.110. The largest absolute Gasteiger partial charge is 0.113 e. The summed E-state index contributed by atoms with van der Waals surface area (Å²) in [4.78, 5) is 0. The standard InChI is InChI=1S/C9H8Cl/c1-2-9(10)8-6-4-3-5-7-8/h2-6,9H,1H2. The Morgan fingerprint density at radius 2 is 2.40 bits per heavy atom. The molecule has 1 aromatic rings. The molecule has 1 aromatic carbocycles. The molecule has 0 saturated heterocycles. The number of hydrogen-bond acceptors (Lipinski definition) is 0. The first kappa shape index (κ1) is 7.36. The van der Waals surface area contributed by atoms with Gasteiger partial charge in [-0.15, -0.1) is 18.2 Å². The van der Waals surface area contributed by atoms with Gasteiger partial charge in [0.15, 0.2) is 0 Å². The zero-order chi connectivity index (χ0) is 7.40. The third-order valence-electron chi connectivity index (χ3n) is 1.24. The van der Waals surface area contributed by atoms with Gasteiger partial charge in [0.1, 0.15) is 0 Å². The Morgan fingerprint density at radius 3 is 2.90 bits per heavy atom. The molecule has 1 atom stereocenters. The molecule has 0 N–H and O–H groups in total. The minimum atomic E-state index is -0.110. The summed E-state index contributed by atoms with van der Waals surface area (Å²) < 4.78 is 0. The average molecular weight is 152 g/mol. The van der Waals surface area contributed by atoms with Gasteiger partial charge in [0.25, 0.3) is 0 Å². The molecular formula is C9H8Cl. The highest BCUT2D eigenvalue weighted by Gasteiger charge is 1.99. The van der Waals surface area contributed by atoms with Crippen molar-refractivity contribution in [2.75, 3.05) is 0 Å². The van der Waals surface area contributed by atoms with E-state index < -0.39 is 0 Å². The SMILES string of the molecule is C=CC(Cl)c1[c]cccc1. The van der Waals surface area contributed by atoms with Gasteiger partial charge >= 0.3 is 0 Å². The molecule has 1 heteroatoms. The number of hydrogen-bond donors (Lipinski definition) is 0. The van der Waals surface area contributed by atoms with Gasteiger partial charge in [0, 0.05) is 0 Å². The summed E-state index contributed by atoms with van der Waals surface area (Å²) in [5.41, 5.74) is 0.971. The fraction of sp³-hybridized carbons (Fsp3) is 0.111. The number of halogens is 1. The van der Waals surface area contributed by atoms with E-state index in [1.807, 2.05) is 24.3 Å². The molecule has 1 radical (unpaired) electrons. The highest BCUT2D eigenvalue weighted by molar-refractivity contribution is 6.21. The fourth-order valence-corrected chi connectivity index (χ4v) is 0.841. The Bertz CT molecular complexity index is 203. The van der Waals surface area contributed by atoms with Crippen LogP contribution in [-0.4, -0.2) is 0 Å². The molecule has 0 nitrogen and oxygen atoms in total. The molecule has 1 unspecified atom stereocenters. The molecule has 0 fully saturated rings. The first-order valence-electron chi connectivity index (χ1n) is 3.08. The lowest BCUT2D eigenvalue weighted by Gasteiger charge is -2.00. The van der Waals surface area contributed by atoms with Crippen molar-refractivity contribution >= 4 is 11.6 Å². The van der Waals surface area contributed by atoms with Crippen molar-refractivity contribution in [2.24, 2.45) is 0 Å². The van der Waals surface area contributed by atoms with Crippen molar-refractivity contribution in [3.8, 4) is 0 Å². The van der Waals surface area contributed by atoms with Gasteiger partial charge in [0.05, 0.1) is 5.38 Å². The van der Waals surface area contributed by atoms with Crippen LogP contribution in [0.3, 0.4) is 0 Å². The van der Waals surface area contributed by atoms with E-state index in [-0.39, 0.29) is 5.38 Å². The van der Waals surface area contributed by atoms with Gasteiger partial charge in [-0.1, -0.05) is 30.3 Å². The smallest absolute Gasteiger partial charge is 0.0769 e. The number of benzene rings is 1. The highest BCUT2D eigenvalue weighted by atomic mass is 35.5. The summed E-state index contributed by atoms with van der Waals surface area (Å²) in [6.45, 7) is 3.59. The summed E-state index contributed by atoms with van der Waals surface area (Å²) in [6.07, 6.45) is 1.69. The van der Waals surface area contributed by atoms with Gasteiger partial charge in [-0.2, -0.15) is 0 Å². The lowest BCUT2D eigenvalue weighted by Crippen LogP contribution is -1.82. The fourth-order valence-electron chi connectivity index (χ4n) is 0.706. The predicted molar refractivity (Wildman–Crippen MR) is 44.1 cm³/mol. The second-order valence-electron chi connectivity index (χ2n) is 1.96. The van der Waals surface area contributed by atoms with E-state index in [0.29, 0.717) is 0 Å². The van der Waals surface area contributed by atoms with Crippen LogP contribution < -0.4 is 0 Å². The van der Waals surface area contributed by atoms with Crippen LogP contribution in [0.15, 0.2) is 36.9 Å². The third-order valence-corrected chi connectivity index (χ3v) is 1.65. The van der Waals surface area contributed by atoms with E-state index in [0.717, 1.165) is 5.56 Å². The van der Waals surface area contributed by atoms with E-state index in [2.05, 4.69) is 12.6 Å². The monoisotopic (exact) mass is 151 g/mol. The molecule has 0 heterocycles. The van der Waals surface area contributed by atoms with E-state index in [4.69, 9.17) is 11.6 Å². The van der Waals surface area contributed by atoms with Crippen LogP contribution in [0.1, 0.15) is 10.9 Å². The molecule has 1 rings (SSSR count). The first-order valence-corrected chi connectivity index (χ1v) is 3.51. The Hall–Kier alpha value is -0.750. The van der Waals surface area contributed by atoms with Crippen LogP contribution in [0.2, 0.25) is 0 Å². The van der Waals surface area contributed by atoms with E-state index in [1.54, 1.807) is 6.08 Å². The number of allylic oxidation sites excluding steroid dienone is 1. The van der Waals surface area contributed by atoms with Crippen LogP contribution >= 0.6 is 11.6 Å². The zero-order valence-electron chi connectivity index (χ0n) is 5.55. The average Bonchev–Trinajstić information content (AvgIpc) is 2.05. The minimum absolute atomic E-state index is 0.110. The first-order chi connectivity index (χ1) is 4.84. The van der Waals surface area contributed by atoms with Gasteiger partial charge < -0.3 is 0 Å². The summed E-state index contributed by atoms with van der Waals surface area (Å²) in [6, 6.07) is 10.6. The normalized spacial score (nSPS) is 12.5. The van der Waals surface area contributed by atoms with Crippen LogP contribution in [0.25, 0.3) is 0 Å². The highest BCUT2D eigenvalue weighted by Crippen LogP contribution is 2.19. The van der Waals surface area contributed by atoms with Gasteiger partial charge in [-0.25, -0.2) is 0 Å². The molecule has 0 aromatic heterocycles. The number of alkyl halides is 1. The molecule has 0 aliphatic carbocycles. The van der Waals surface area contributed by atoms with Crippen molar-refractivity contribution in [1.29, 1.82) is 0 Å². The van der Waals surface area contributed by atoms with Gasteiger partial charge in [-0.3, -0.25) is 0 Å². The molecule has 0 bridgehead atoms. The Labute approximate surface area is 66.1 Å². The molecule has 51 valence electrons. The quantitative estimate of drug-likeness (QED) is 0.451. The lowest BCUT2D eigenvalue weighted by atomic mass is 10.1. The van der Waals surface area contributed by atoms with Crippen molar-refractivity contribution in [3.05, 3.63) is 48.6 Å². The Balaban J connectivity index is 2.84. The maximum Gasteiger partial charge on any atom is 0.0769 e. The maximum absolute atomic E-state index is 5.84. The Morgan fingerprint density at radius 1 is 1.60 bits per heavy atom.